The number of piperidine rings is 1. The number of hydrogen-bond donors (Lipinski definition) is 1. The minimum Gasteiger partial charge on any atom is -0.468 e. The fourth-order valence-corrected chi connectivity index (χ4v) is 2.80. The van der Waals surface area contributed by atoms with Crippen molar-refractivity contribution in [3.05, 3.63) is 0 Å². The molecule has 1 aliphatic rings. The van der Waals surface area contributed by atoms with Crippen molar-refractivity contribution in [2.45, 2.75) is 59.0 Å². The lowest BCUT2D eigenvalue weighted by Gasteiger charge is -2.41. The van der Waals surface area contributed by atoms with Crippen LogP contribution in [0.25, 0.3) is 0 Å². The minimum absolute atomic E-state index is 0.175. The lowest BCUT2D eigenvalue weighted by atomic mass is 9.82. The van der Waals surface area contributed by atoms with E-state index in [2.05, 4.69) is 37.9 Å². The molecule has 19 heavy (non-hydrogen) atoms. The van der Waals surface area contributed by atoms with E-state index in [1.54, 1.807) is 0 Å². The second-order valence-corrected chi connectivity index (χ2v) is 7.06. The van der Waals surface area contributed by atoms with Gasteiger partial charge < -0.3 is 9.64 Å². The van der Waals surface area contributed by atoms with Crippen LogP contribution in [0.1, 0.15) is 47.5 Å². The van der Waals surface area contributed by atoms with Crippen LogP contribution in [0.5, 0.6) is 0 Å². The summed E-state index contributed by atoms with van der Waals surface area (Å²) >= 11 is 0. The quantitative estimate of drug-likeness (QED) is 0.776. The summed E-state index contributed by atoms with van der Waals surface area (Å²) < 4.78 is 4.97. The van der Waals surface area contributed by atoms with Gasteiger partial charge in [0, 0.05) is 12.6 Å². The number of carbonyl (C=O) groups excluding carboxylic acids is 1. The summed E-state index contributed by atoms with van der Waals surface area (Å²) in [4.78, 5) is 14.4. The second kappa shape index (κ2) is 6.23. The van der Waals surface area contributed by atoms with Gasteiger partial charge in [-0.15, -0.1) is 0 Å². The predicted molar refractivity (Wildman–Crippen MR) is 78.1 cm³/mol. The number of esters is 1. The van der Waals surface area contributed by atoms with Crippen LogP contribution in [0.2, 0.25) is 0 Å². The molecule has 1 atom stereocenters. The van der Waals surface area contributed by atoms with E-state index >= 15 is 0 Å². The molecule has 0 aromatic heterocycles. The van der Waals surface area contributed by atoms with Crippen LogP contribution in [0.4, 0.5) is 0 Å². The van der Waals surface area contributed by atoms with Crippen LogP contribution in [-0.4, -0.2) is 49.2 Å². The van der Waals surface area contributed by atoms with Crippen molar-refractivity contribution in [1.29, 1.82) is 0 Å². The first-order chi connectivity index (χ1) is 8.68. The molecule has 1 N–H and O–H groups in total. The Bertz CT molecular complexity index is 305. The Labute approximate surface area is 117 Å². The highest BCUT2D eigenvalue weighted by Crippen LogP contribution is 2.30. The molecule has 0 aromatic carbocycles. The summed E-state index contributed by atoms with van der Waals surface area (Å²) in [5.74, 6) is -0.175. The molecule has 112 valence electrons. The number of nitrogens with zero attached hydrogens (tertiary/aromatic N) is 1. The van der Waals surface area contributed by atoms with Crippen LogP contribution < -0.4 is 5.32 Å². The van der Waals surface area contributed by atoms with E-state index in [1.165, 1.54) is 20.0 Å². The van der Waals surface area contributed by atoms with E-state index in [9.17, 15) is 4.79 Å². The lowest BCUT2D eigenvalue weighted by Crippen LogP contribution is -2.60. The van der Waals surface area contributed by atoms with Gasteiger partial charge in [-0.3, -0.25) is 10.1 Å². The van der Waals surface area contributed by atoms with Crippen LogP contribution >= 0.6 is 0 Å². The smallest absolute Gasteiger partial charge is 0.327 e. The predicted octanol–water partition coefficient (Wildman–Crippen LogP) is 2.04. The standard InChI is InChI=1S/C15H30N2O2/c1-12(2)16-15(5,13(18)19-6)11-17-9-7-14(3,4)8-10-17/h12,16H,7-11H2,1-6H3. The molecule has 0 aliphatic carbocycles. The molecule has 1 unspecified atom stereocenters. The van der Waals surface area contributed by atoms with Crippen molar-refractivity contribution >= 4 is 5.97 Å². The van der Waals surface area contributed by atoms with Crippen molar-refractivity contribution in [2.75, 3.05) is 26.7 Å². The normalized spacial score (nSPS) is 23.1. The Balaban J connectivity index is 2.66. The van der Waals surface area contributed by atoms with Crippen LogP contribution in [-0.2, 0) is 9.53 Å². The highest BCUT2D eigenvalue weighted by atomic mass is 16.5. The zero-order valence-electron chi connectivity index (χ0n) is 13.4. The number of hydrogen-bond acceptors (Lipinski definition) is 4. The molecule has 1 rings (SSSR count). The minimum atomic E-state index is -0.621. The second-order valence-electron chi connectivity index (χ2n) is 7.06. The van der Waals surface area contributed by atoms with Crippen LogP contribution in [0.15, 0.2) is 0 Å². The summed E-state index contributed by atoms with van der Waals surface area (Å²) in [6.45, 7) is 13.5. The Morgan fingerprint density at radius 1 is 1.37 bits per heavy atom. The third kappa shape index (κ3) is 4.77. The van der Waals surface area contributed by atoms with E-state index in [-0.39, 0.29) is 12.0 Å². The first-order valence-electron chi connectivity index (χ1n) is 7.27. The fourth-order valence-electron chi connectivity index (χ4n) is 2.80. The maximum Gasteiger partial charge on any atom is 0.327 e. The summed E-state index contributed by atoms with van der Waals surface area (Å²) in [5.41, 5.74) is -0.186. The number of carbonyl (C=O) groups is 1. The van der Waals surface area contributed by atoms with Crippen molar-refractivity contribution in [3.8, 4) is 0 Å². The average molecular weight is 270 g/mol. The van der Waals surface area contributed by atoms with Crippen molar-refractivity contribution in [1.82, 2.24) is 10.2 Å². The van der Waals surface area contributed by atoms with E-state index in [4.69, 9.17) is 4.74 Å². The van der Waals surface area contributed by atoms with Gasteiger partial charge in [0.05, 0.1) is 7.11 Å². The Kier molecular flexibility index (Phi) is 5.39. The van der Waals surface area contributed by atoms with Gasteiger partial charge in [-0.1, -0.05) is 13.8 Å². The number of ether oxygens (including phenoxy) is 1. The summed E-state index contributed by atoms with van der Waals surface area (Å²) in [6.07, 6.45) is 2.37. The molecule has 0 spiro atoms. The van der Waals surface area contributed by atoms with Gasteiger partial charge in [0.25, 0.3) is 0 Å². The molecule has 4 heteroatoms. The van der Waals surface area contributed by atoms with Crippen molar-refractivity contribution in [3.63, 3.8) is 0 Å². The third-order valence-electron chi connectivity index (χ3n) is 3.99. The number of nitrogens with one attached hydrogen (secondary N) is 1. The zero-order valence-corrected chi connectivity index (χ0v) is 13.4. The maximum absolute atomic E-state index is 12.1. The molecule has 1 saturated heterocycles. The monoisotopic (exact) mass is 270 g/mol. The summed E-state index contributed by atoms with van der Waals surface area (Å²) in [6, 6.07) is 0.255. The molecule has 0 bridgehead atoms. The first-order valence-corrected chi connectivity index (χ1v) is 7.27. The molecule has 0 aromatic rings. The molecule has 1 aliphatic heterocycles. The molecular formula is C15H30N2O2. The molecular weight excluding hydrogens is 240 g/mol. The molecule has 0 saturated carbocycles. The highest BCUT2D eigenvalue weighted by Gasteiger charge is 2.38. The van der Waals surface area contributed by atoms with Crippen molar-refractivity contribution in [2.24, 2.45) is 5.41 Å². The van der Waals surface area contributed by atoms with Gasteiger partial charge in [0.1, 0.15) is 5.54 Å². The molecule has 0 radical (unpaired) electrons. The van der Waals surface area contributed by atoms with Crippen molar-refractivity contribution < 1.29 is 9.53 Å². The van der Waals surface area contributed by atoms with Crippen LogP contribution in [0, 0.1) is 5.41 Å². The van der Waals surface area contributed by atoms with Gasteiger partial charge in [0.2, 0.25) is 0 Å². The maximum atomic E-state index is 12.1. The van der Waals surface area contributed by atoms with E-state index < -0.39 is 5.54 Å². The summed E-state index contributed by atoms with van der Waals surface area (Å²) in [5, 5.41) is 3.36. The first kappa shape index (κ1) is 16.4. The third-order valence-corrected chi connectivity index (χ3v) is 3.99. The van der Waals surface area contributed by atoms with Crippen LogP contribution in [0.3, 0.4) is 0 Å². The summed E-state index contributed by atoms with van der Waals surface area (Å²) in [7, 11) is 1.46. The number of methoxy groups -OCH3 is 1. The molecule has 4 nitrogen and oxygen atoms in total. The Morgan fingerprint density at radius 3 is 2.32 bits per heavy atom. The fraction of sp³-hybridized carbons (Fsp3) is 0.933. The Morgan fingerprint density at radius 2 is 1.89 bits per heavy atom. The SMILES string of the molecule is COC(=O)C(C)(CN1CCC(C)(C)CC1)NC(C)C. The highest BCUT2D eigenvalue weighted by molar-refractivity contribution is 5.80. The zero-order chi connectivity index (χ0) is 14.7. The lowest BCUT2D eigenvalue weighted by molar-refractivity contribution is -0.149. The molecule has 1 heterocycles. The van der Waals surface area contributed by atoms with E-state index in [0.29, 0.717) is 12.0 Å². The number of rotatable bonds is 5. The molecule has 0 amide bonds. The Hall–Kier alpha value is -0.610. The topological polar surface area (TPSA) is 41.6 Å². The average Bonchev–Trinajstić information content (AvgIpc) is 2.30. The largest absolute Gasteiger partial charge is 0.468 e. The van der Waals surface area contributed by atoms with Gasteiger partial charge in [-0.2, -0.15) is 0 Å². The van der Waals surface area contributed by atoms with Gasteiger partial charge in [-0.25, -0.2) is 0 Å². The van der Waals surface area contributed by atoms with E-state index in [1.807, 2.05) is 6.92 Å². The van der Waals surface area contributed by atoms with Gasteiger partial charge in [-0.05, 0) is 52.1 Å². The molecule has 1 fully saturated rings. The van der Waals surface area contributed by atoms with Gasteiger partial charge in [0.15, 0.2) is 0 Å². The van der Waals surface area contributed by atoms with E-state index in [0.717, 1.165) is 13.1 Å². The number of likely N-dealkylation sites (tertiary alicyclic amines) is 1. The van der Waals surface area contributed by atoms with Gasteiger partial charge >= 0.3 is 5.97 Å².